The molecule has 1 unspecified atom stereocenters. The summed E-state index contributed by atoms with van der Waals surface area (Å²) < 4.78 is 10.7. The van der Waals surface area contributed by atoms with Crippen molar-refractivity contribution < 1.29 is 9.47 Å². The van der Waals surface area contributed by atoms with Gasteiger partial charge in [0.05, 0.1) is 25.9 Å². The quantitative estimate of drug-likeness (QED) is 0.752. The van der Waals surface area contributed by atoms with E-state index in [1.165, 1.54) is 0 Å². The number of hydrogen-bond acceptors (Lipinski definition) is 5. The molecule has 5 nitrogen and oxygen atoms in total. The number of nitrogens with zero attached hydrogens (tertiary/aromatic N) is 2. The fraction of sp³-hybridized carbons (Fsp3) is 0.556. The lowest BCUT2D eigenvalue weighted by Gasteiger charge is -2.23. The van der Waals surface area contributed by atoms with Crippen LogP contribution >= 0.6 is 0 Å². The third-order valence-corrected chi connectivity index (χ3v) is 1.97. The third kappa shape index (κ3) is 2.65. The molecule has 1 aliphatic heterocycles. The van der Waals surface area contributed by atoms with Gasteiger partial charge >= 0.3 is 0 Å². The van der Waals surface area contributed by atoms with Gasteiger partial charge < -0.3 is 14.8 Å². The number of anilines is 1. The Morgan fingerprint density at radius 3 is 3.21 bits per heavy atom. The minimum Gasteiger partial charge on any atom is -0.376 e. The Morgan fingerprint density at radius 1 is 1.50 bits per heavy atom. The highest BCUT2D eigenvalue weighted by Gasteiger charge is 2.13. The molecule has 5 heteroatoms. The molecule has 1 saturated heterocycles. The molecule has 0 spiro atoms. The van der Waals surface area contributed by atoms with Gasteiger partial charge in [-0.1, -0.05) is 0 Å². The predicted molar refractivity (Wildman–Crippen MR) is 51.1 cm³/mol. The Kier molecular flexibility index (Phi) is 3.26. The molecule has 1 aliphatic rings. The molecule has 1 fully saturated rings. The molecule has 0 amide bonds. The fourth-order valence-corrected chi connectivity index (χ4v) is 1.27. The van der Waals surface area contributed by atoms with Crippen LogP contribution in [-0.2, 0) is 9.47 Å². The van der Waals surface area contributed by atoms with Gasteiger partial charge in [0.25, 0.3) is 0 Å². The largest absolute Gasteiger partial charge is 0.376 e. The molecule has 0 bridgehead atoms. The number of ether oxygens (including phenoxy) is 2. The summed E-state index contributed by atoms with van der Waals surface area (Å²) in [7, 11) is 0. The first-order valence-electron chi connectivity index (χ1n) is 4.66. The zero-order valence-corrected chi connectivity index (χ0v) is 7.85. The summed E-state index contributed by atoms with van der Waals surface area (Å²) in [4.78, 5) is 0. The highest BCUT2D eigenvalue weighted by molar-refractivity contribution is 5.31. The maximum absolute atomic E-state index is 5.46. The van der Waals surface area contributed by atoms with E-state index in [1.807, 2.05) is 12.1 Å². The van der Waals surface area contributed by atoms with Crippen molar-refractivity contribution in [2.24, 2.45) is 0 Å². The minimum atomic E-state index is 0.116. The summed E-state index contributed by atoms with van der Waals surface area (Å²) in [6.45, 7) is 2.72. The number of rotatable bonds is 3. The van der Waals surface area contributed by atoms with Crippen molar-refractivity contribution in [1.29, 1.82) is 0 Å². The molecule has 1 aromatic rings. The van der Waals surface area contributed by atoms with Gasteiger partial charge in [0, 0.05) is 12.7 Å². The van der Waals surface area contributed by atoms with E-state index in [4.69, 9.17) is 9.47 Å². The summed E-state index contributed by atoms with van der Waals surface area (Å²) in [6.07, 6.45) is 1.76. The summed E-state index contributed by atoms with van der Waals surface area (Å²) in [5.74, 6) is 0.765. The van der Waals surface area contributed by atoms with Gasteiger partial charge in [-0.05, 0) is 12.1 Å². The maximum Gasteiger partial charge on any atom is 0.148 e. The molecule has 0 aliphatic carbocycles. The van der Waals surface area contributed by atoms with E-state index in [0.29, 0.717) is 26.4 Å². The lowest BCUT2D eigenvalue weighted by molar-refractivity contribution is -0.0819. The van der Waals surface area contributed by atoms with Gasteiger partial charge in [0.1, 0.15) is 5.82 Å². The first-order chi connectivity index (χ1) is 6.95. The first kappa shape index (κ1) is 9.36. The van der Waals surface area contributed by atoms with Crippen LogP contribution in [-0.4, -0.2) is 42.7 Å². The SMILES string of the molecule is c1cnnc(NCC2COCCO2)c1. The topological polar surface area (TPSA) is 56.3 Å². The summed E-state index contributed by atoms with van der Waals surface area (Å²) in [5.41, 5.74) is 0. The molecule has 0 radical (unpaired) electrons. The Balaban J connectivity index is 1.76. The molecule has 1 N–H and O–H groups in total. The van der Waals surface area contributed by atoms with Crippen LogP contribution in [0, 0.1) is 0 Å². The van der Waals surface area contributed by atoms with E-state index >= 15 is 0 Å². The predicted octanol–water partition coefficient (Wildman–Crippen LogP) is 0.304. The van der Waals surface area contributed by atoms with E-state index in [-0.39, 0.29) is 6.10 Å². The molecule has 1 aromatic heterocycles. The van der Waals surface area contributed by atoms with Crippen molar-refractivity contribution >= 4 is 5.82 Å². The van der Waals surface area contributed by atoms with Crippen LogP contribution in [0.3, 0.4) is 0 Å². The average Bonchev–Trinajstić information content (AvgIpc) is 2.29. The Hall–Kier alpha value is -1.20. The molecular formula is C9H13N3O2. The minimum absolute atomic E-state index is 0.116. The standard InChI is InChI=1S/C9H13N3O2/c1-2-9(12-11-3-1)10-6-8-7-13-4-5-14-8/h1-3,8H,4-7H2,(H,10,12). The summed E-state index contributed by atoms with van der Waals surface area (Å²) >= 11 is 0. The summed E-state index contributed by atoms with van der Waals surface area (Å²) in [6, 6.07) is 3.71. The van der Waals surface area contributed by atoms with Crippen molar-refractivity contribution in [2.45, 2.75) is 6.10 Å². The molecule has 76 valence electrons. The molecule has 1 atom stereocenters. The van der Waals surface area contributed by atoms with E-state index in [0.717, 1.165) is 5.82 Å². The van der Waals surface area contributed by atoms with Gasteiger partial charge in [-0.15, -0.1) is 5.10 Å². The summed E-state index contributed by atoms with van der Waals surface area (Å²) in [5, 5.41) is 10.8. The van der Waals surface area contributed by atoms with Crippen LogP contribution in [0.5, 0.6) is 0 Å². The van der Waals surface area contributed by atoms with Gasteiger partial charge in [-0.25, -0.2) is 0 Å². The Labute approximate surface area is 82.4 Å². The second-order valence-electron chi connectivity index (χ2n) is 3.06. The molecular weight excluding hydrogens is 182 g/mol. The molecule has 2 heterocycles. The molecule has 0 saturated carbocycles. The van der Waals surface area contributed by atoms with Crippen LogP contribution < -0.4 is 5.32 Å². The van der Waals surface area contributed by atoms with Crippen molar-refractivity contribution in [1.82, 2.24) is 10.2 Å². The van der Waals surface area contributed by atoms with Gasteiger partial charge in [-0.3, -0.25) is 0 Å². The van der Waals surface area contributed by atoms with Crippen LogP contribution in [0.1, 0.15) is 0 Å². The lowest BCUT2D eigenvalue weighted by atomic mass is 10.3. The third-order valence-electron chi connectivity index (χ3n) is 1.97. The average molecular weight is 195 g/mol. The number of nitrogens with one attached hydrogen (secondary N) is 1. The molecule has 0 aromatic carbocycles. The van der Waals surface area contributed by atoms with Gasteiger partial charge in [0.15, 0.2) is 0 Å². The van der Waals surface area contributed by atoms with Crippen molar-refractivity contribution in [2.75, 3.05) is 31.7 Å². The normalized spacial score (nSPS) is 21.9. The monoisotopic (exact) mass is 195 g/mol. The van der Waals surface area contributed by atoms with Crippen LogP contribution in [0.15, 0.2) is 18.3 Å². The second kappa shape index (κ2) is 4.88. The fourth-order valence-electron chi connectivity index (χ4n) is 1.27. The highest BCUT2D eigenvalue weighted by atomic mass is 16.6. The van der Waals surface area contributed by atoms with E-state index in [2.05, 4.69) is 15.5 Å². The second-order valence-corrected chi connectivity index (χ2v) is 3.06. The van der Waals surface area contributed by atoms with Crippen molar-refractivity contribution in [3.8, 4) is 0 Å². The van der Waals surface area contributed by atoms with E-state index in [9.17, 15) is 0 Å². The maximum atomic E-state index is 5.46. The van der Waals surface area contributed by atoms with Crippen LogP contribution in [0.4, 0.5) is 5.82 Å². The lowest BCUT2D eigenvalue weighted by Crippen LogP contribution is -2.34. The zero-order valence-electron chi connectivity index (χ0n) is 7.85. The molecule has 2 rings (SSSR count). The molecule has 14 heavy (non-hydrogen) atoms. The van der Waals surface area contributed by atoms with E-state index in [1.54, 1.807) is 6.20 Å². The Morgan fingerprint density at radius 2 is 2.50 bits per heavy atom. The van der Waals surface area contributed by atoms with Crippen LogP contribution in [0.2, 0.25) is 0 Å². The van der Waals surface area contributed by atoms with Gasteiger partial charge in [0.2, 0.25) is 0 Å². The smallest absolute Gasteiger partial charge is 0.148 e. The first-order valence-corrected chi connectivity index (χ1v) is 4.66. The van der Waals surface area contributed by atoms with E-state index < -0.39 is 0 Å². The van der Waals surface area contributed by atoms with Crippen molar-refractivity contribution in [3.05, 3.63) is 18.3 Å². The number of hydrogen-bond donors (Lipinski definition) is 1. The number of aromatic nitrogens is 2. The Bertz CT molecular complexity index is 262. The van der Waals surface area contributed by atoms with Gasteiger partial charge in [-0.2, -0.15) is 5.10 Å². The van der Waals surface area contributed by atoms with Crippen molar-refractivity contribution in [3.63, 3.8) is 0 Å². The highest BCUT2D eigenvalue weighted by Crippen LogP contribution is 2.03. The van der Waals surface area contributed by atoms with Crippen LogP contribution in [0.25, 0.3) is 0 Å². The zero-order chi connectivity index (χ0) is 9.64.